The van der Waals surface area contributed by atoms with Gasteiger partial charge in [-0.15, -0.1) is 0 Å². The van der Waals surface area contributed by atoms with Crippen molar-refractivity contribution in [1.82, 2.24) is 20.6 Å². The molecule has 0 bridgehead atoms. The van der Waals surface area contributed by atoms with Crippen LogP contribution in [-0.2, 0) is 25.6 Å². The zero-order valence-corrected chi connectivity index (χ0v) is 12.1. The molecular formula is C12H18N6O5. The van der Waals surface area contributed by atoms with Crippen LogP contribution in [0, 0.1) is 0 Å². The molecule has 2 unspecified atom stereocenters. The lowest BCUT2D eigenvalue weighted by Crippen LogP contribution is -2.49. The van der Waals surface area contributed by atoms with Crippen LogP contribution in [0.2, 0.25) is 0 Å². The van der Waals surface area contributed by atoms with Crippen LogP contribution in [0.4, 0.5) is 0 Å². The van der Waals surface area contributed by atoms with Crippen molar-refractivity contribution in [2.24, 2.45) is 11.5 Å². The van der Waals surface area contributed by atoms with Gasteiger partial charge in [0.2, 0.25) is 17.7 Å². The van der Waals surface area contributed by atoms with Gasteiger partial charge in [0.05, 0.1) is 25.3 Å². The molecule has 0 aromatic carbocycles. The van der Waals surface area contributed by atoms with Gasteiger partial charge in [0, 0.05) is 18.3 Å². The van der Waals surface area contributed by atoms with Gasteiger partial charge in [0.15, 0.2) is 0 Å². The van der Waals surface area contributed by atoms with E-state index in [4.69, 9.17) is 16.6 Å². The molecule has 1 heterocycles. The number of aromatic amines is 1. The second-order valence-electron chi connectivity index (χ2n) is 4.73. The summed E-state index contributed by atoms with van der Waals surface area (Å²) in [6.07, 6.45) is 2.48. The lowest BCUT2D eigenvalue weighted by atomic mass is 10.1. The quantitative estimate of drug-likeness (QED) is 0.275. The number of rotatable bonds is 9. The minimum absolute atomic E-state index is 0.0101. The third-order valence-electron chi connectivity index (χ3n) is 2.79. The number of nitrogens with one attached hydrogen (secondary N) is 3. The summed E-state index contributed by atoms with van der Waals surface area (Å²) in [6.45, 7) is -0.474. The highest BCUT2D eigenvalue weighted by Crippen LogP contribution is 1.98. The zero-order valence-electron chi connectivity index (χ0n) is 12.1. The maximum Gasteiger partial charge on any atom is 0.326 e. The first-order chi connectivity index (χ1) is 10.8. The highest BCUT2D eigenvalue weighted by molar-refractivity contribution is 5.91. The van der Waals surface area contributed by atoms with E-state index in [0.29, 0.717) is 5.69 Å². The van der Waals surface area contributed by atoms with Crippen LogP contribution >= 0.6 is 0 Å². The van der Waals surface area contributed by atoms with Gasteiger partial charge in [-0.1, -0.05) is 0 Å². The van der Waals surface area contributed by atoms with Crippen molar-refractivity contribution >= 4 is 23.7 Å². The van der Waals surface area contributed by atoms with Crippen LogP contribution in [0.1, 0.15) is 12.1 Å². The molecule has 11 heteroatoms. The SMILES string of the molecule is NC(=O)CC(N)C(=O)NCC(=O)NC(Cc1cnc[nH]1)C(=O)O. The van der Waals surface area contributed by atoms with Crippen LogP contribution in [0.3, 0.4) is 0 Å². The Balaban J connectivity index is 2.45. The Morgan fingerprint density at radius 3 is 2.57 bits per heavy atom. The molecular weight excluding hydrogens is 308 g/mol. The van der Waals surface area contributed by atoms with Crippen molar-refractivity contribution in [1.29, 1.82) is 0 Å². The Labute approximate surface area is 130 Å². The summed E-state index contributed by atoms with van der Waals surface area (Å²) in [5, 5.41) is 13.5. The third kappa shape index (κ3) is 6.56. The molecule has 23 heavy (non-hydrogen) atoms. The van der Waals surface area contributed by atoms with Crippen LogP contribution in [-0.4, -0.2) is 57.4 Å². The maximum atomic E-state index is 11.7. The summed E-state index contributed by atoms with van der Waals surface area (Å²) < 4.78 is 0. The second-order valence-corrected chi connectivity index (χ2v) is 4.73. The molecule has 0 saturated carbocycles. The van der Waals surface area contributed by atoms with Gasteiger partial charge >= 0.3 is 5.97 Å². The number of nitrogens with two attached hydrogens (primary N) is 2. The van der Waals surface area contributed by atoms with E-state index < -0.39 is 42.3 Å². The lowest BCUT2D eigenvalue weighted by molar-refractivity contribution is -0.141. The van der Waals surface area contributed by atoms with Gasteiger partial charge in [0.25, 0.3) is 0 Å². The number of carbonyl (C=O) groups excluding carboxylic acids is 3. The molecule has 0 aliphatic rings. The summed E-state index contributed by atoms with van der Waals surface area (Å²) in [4.78, 5) is 51.4. The molecule has 3 amide bonds. The minimum atomic E-state index is -1.23. The van der Waals surface area contributed by atoms with E-state index in [1.165, 1.54) is 12.5 Å². The van der Waals surface area contributed by atoms with Crippen molar-refractivity contribution in [3.05, 3.63) is 18.2 Å². The normalized spacial score (nSPS) is 12.9. The number of nitrogens with zero attached hydrogens (tertiary/aromatic N) is 1. The van der Waals surface area contributed by atoms with Gasteiger partial charge in [-0.2, -0.15) is 0 Å². The van der Waals surface area contributed by atoms with Crippen LogP contribution in [0.25, 0.3) is 0 Å². The molecule has 1 aromatic rings. The van der Waals surface area contributed by atoms with Gasteiger partial charge in [-0.25, -0.2) is 9.78 Å². The van der Waals surface area contributed by atoms with Crippen LogP contribution in [0.15, 0.2) is 12.5 Å². The molecule has 2 atom stereocenters. The Morgan fingerprint density at radius 2 is 2.04 bits per heavy atom. The van der Waals surface area contributed by atoms with E-state index in [1.807, 2.05) is 0 Å². The number of carboxylic acids is 1. The van der Waals surface area contributed by atoms with Crippen molar-refractivity contribution in [2.75, 3.05) is 6.54 Å². The van der Waals surface area contributed by atoms with E-state index in [-0.39, 0.29) is 12.8 Å². The molecule has 0 saturated heterocycles. The number of primary amides is 1. The molecule has 126 valence electrons. The standard InChI is InChI=1S/C12H18N6O5/c13-7(2-9(14)19)11(21)16-4-10(20)18-8(12(22)23)1-6-3-15-5-17-6/h3,5,7-8H,1-2,4,13H2,(H2,14,19)(H,15,17)(H,16,21)(H,18,20)(H,22,23). The van der Waals surface area contributed by atoms with Crippen molar-refractivity contribution in [3.8, 4) is 0 Å². The first-order valence-corrected chi connectivity index (χ1v) is 6.60. The van der Waals surface area contributed by atoms with E-state index in [9.17, 15) is 19.2 Å². The fourth-order valence-corrected chi connectivity index (χ4v) is 1.67. The zero-order chi connectivity index (χ0) is 17.4. The van der Waals surface area contributed by atoms with Crippen LogP contribution in [0.5, 0.6) is 0 Å². The lowest BCUT2D eigenvalue weighted by Gasteiger charge is -2.15. The van der Waals surface area contributed by atoms with Gasteiger partial charge in [-0.05, 0) is 0 Å². The number of amides is 3. The monoisotopic (exact) mass is 326 g/mol. The number of carbonyl (C=O) groups is 4. The molecule has 1 rings (SSSR count). The Morgan fingerprint density at radius 1 is 1.35 bits per heavy atom. The average Bonchev–Trinajstić information content (AvgIpc) is 2.96. The van der Waals surface area contributed by atoms with Crippen LogP contribution < -0.4 is 22.1 Å². The van der Waals surface area contributed by atoms with Crippen molar-refractivity contribution in [2.45, 2.75) is 24.9 Å². The molecule has 0 spiro atoms. The Bertz CT molecular complexity index is 573. The Kier molecular flexibility index (Phi) is 6.68. The molecule has 1 aromatic heterocycles. The summed E-state index contributed by atoms with van der Waals surface area (Å²) in [5.41, 5.74) is 10.8. The molecule has 8 N–H and O–H groups in total. The fourth-order valence-electron chi connectivity index (χ4n) is 1.67. The van der Waals surface area contributed by atoms with Gasteiger partial charge in [-0.3, -0.25) is 14.4 Å². The Hall–Kier alpha value is -2.95. The van der Waals surface area contributed by atoms with Gasteiger partial charge in [0.1, 0.15) is 6.04 Å². The maximum absolute atomic E-state index is 11.7. The third-order valence-corrected chi connectivity index (χ3v) is 2.79. The first kappa shape index (κ1) is 18.1. The number of carboxylic acid groups (broad SMARTS) is 1. The summed E-state index contributed by atoms with van der Waals surface area (Å²) >= 11 is 0. The van der Waals surface area contributed by atoms with Crippen molar-refractivity contribution < 1.29 is 24.3 Å². The smallest absolute Gasteiger partial charge is 0.326 e. The molecule has 0 radical (unpaired) electrons. The second kappa shape index (κ2) is 8.48. The predicted molar refractivity (Wildman–Crippen MR) is 76.7 cm³/mol. The number of imidazole rings is 1. The molecule has 0 aliphatic heterocycles. The number of H-pyrrole nitrogens is 1. The summed E-state index contributed by atoms with van der Waals surface area (Å²) in [6, 6.07) is -2.35. The number of aromatic nitrogens is 2. The molecule has 0 aliphatic carbocycles. The number of aliphatic carboxylic acids is 1. The van der Waals surface area contributed by atoms with Crippen molar-refractivity contribution in [3.63, 3.8) is 0 Å². The van der Waals surface area contributed by atoms with E-state index >= 15 is 0 Å². The molecule has 11 nitrogen and oxygen atoms in total. The number of hydrogen-bond donors (Lipinski definition) is 6. The van der Waals surface area contributed by atoms with E-state index in [1.54, 1.807) is 0 Å². The highest BCUT2D eigenvalue weighted by Gasteiger charge is 2.22. The van der Waals surface area contributed by atoms with Gasteiger partial charge < -0.3 is 32.2 Å². The first-order valence-electron chi connectivity index (χ1n) is 6.60. The average molecular weight is 326 g/mol. The van der Waals surface area contributed by atoms with E-state index in [0.717, 1.165) is 0 Å². The number of hydrogen-bond acceptors (Lipinski definition) is 6. The summed E-state index contributed by atoms with van der Waals surface area (Å²) in [5.74, 6) is -3.43. The topological polar surface area (TPSA) is 193 Å². The largest absolute Gasteiger partial charge is 0.480 e. The molecule has 0 fully saturated rings. The summed E-state index contributed by atoms with van der Waals surface area (Å²) in [7, 11) is 0. The minimum Gasteiger partial charge on any atom is -0.480 e. The fraction of sp³-hybridized carbons (Fsp3) is 0.417. The highest BCUT2D eigenvalue weighted by atomic mass is 16.4. The predicted octanol–water partition coefficient (Wildman–Crippen LogP) is -3.16. The van der Waals surface area contributed by atoms with E-state index in [2.05, 4.69) is 20.6 Å².